The zero-order valence-corrected chi connectivity index (χ0v) is 16.5. The van der Waals surface area contributed by atoms with Gasteiger partial charge in [-0.05, 0) is 25.3 Å². The van der Waals surface area contributed by atoms with Crippen molar-refractivity contribution < 1.29 is 28.8 Å². The standard InChI is InChI=1S/C20H25ClO6/c1-11-8-15-14(27-15)7-5-4-6-12(22)9-13-18(20(23)26-11)16(24-2)10-17(25-3)19(13)21/h4,6,10-12,14-15,22H,5,7-9H2,1-3H3/b6-4+/t11-,12+,14-,15-/m1/s1. The molecule has 0 aromatic heterocycles. The number of allylic oxidation sites excluding steroid dienone is 1. The predicted octanol–water partition coefficient (Wildman–Crippen LogP) is 3.31. The number of benzene rings is 1. The Morgan fingerprint density at radius 2 is 1.96 bits per heavy atom. The lowest BCUT2D eigenvalue weighted by atomic mass is 9.98. The lowest BCUT2D eigenvalue weighted by Gasteiger charge is -2.20. The van der Waals surface area contributed by atoms with Gasteiger partial charge in [0.25, 0.3) is 0 Å². The van der Waals surface area contributed by atoms with Gasteiger partial charge in [0.15, 0.2) is 0 Å². The number of ether oxygens (including phenoxy) is 4. The van der Waals surface area contributed by atoms with Crippen molar-refractivity contribution in [3.63, 3.8) is 0 Å². The second-order valence-corrected chi connectivity index (χ2v) is 7.27. The Hall–Kier alpha value is -1.76. The first kappa shape index (κ1) is 20.0. The third-order valence-corrected chi connectivity index (χ3v) is 5.30. The highest BCUT2D eigenvalue weighted by Crippen LogP contribution is 2.39. The van der Waals surface area contributed by atoms with Crippen molar-refractivity contribution in [3.05, 3.63) is 34.4 Å². The van der Waals surface area contributed by atoms with Crippen LogP contribution in [0.5, 0.6) is 11.5 Å². The molecule has 4 atom stereocenters. The van der Waals surface area contributed by atoms with Gasteiger partial charge in [0.2, 0.25) is 0 Å². The zero-order chi connectivity index (χ0) is 19.6. The van der Waals surface area contributed by atoms with Gasteiger partial charge in [0.05, 0.1) is 37.6 Å². The number of aliphatic hydroxyl groups excluding tert-OH is 1. The molecule has 0 amide bonds. The Balaban J connectivity index is 2.02. The highest BCUT2D eigenvalue weighted by atomic mass is 35.5. The number of carbonyl (C=O) groups is 1. The van der Waals surface area contributed by atoms with E-state index in [1.807, 2.05) is 13.0 Å². The Labute approximate surface area is 164 Å². The van der Waals surface area contributed by atoms with Crippen molar-refractivity contribution in [2.45, 2.75) is 57.0 Å². The van der Waals surface area contributed by atoms with Crippen molar-refractivity contribution >= 4 is 17.6 Å². The summed E-state index contributed by atoms with van der Waals surface area (Å²) >= 11 is 6.46. The van der Waals surface area contributed by atoms with Crippen molar-refractivity contribution in [2.75, 3.05) is 14.2 Å². The second-order valence-electron chi connectivity index (χ2n) is 6.89. The highest BCUT2D eigenvalue weighted by molar-refractivity contribution is 6.33. The van der Waals surface area contributed by atoms with Crippen molar-refractivity contribution in [3.8, 4) is 11.5 Å². The lowest BCUT2D eigenvalue weighted by Crippen LogP contribution is -2.21. The van der Waals surface area contributed by atoms with Crippen molar-refractivity contribution in [2.24, 2.45) is 0 Å². The van der Waals surface area contributed by atoms with E-state index in [4.69, 9.17) is 30.5 Å². The van der Waals surface area contributed by atoms with E-state index in [0.717, 1.165) is 12.8 Å². The van der Waals surface area contributed by atoms with Gasteiger partial charge in [-0.15, -0.1) is 0 Å². The minimum atomic E-state index is -0.804. The minimum absolute atomic E-state index is 0.106. The smallest absolute Gasteiger partial charge is 0.342 e. The fourth-order valence-electron chi connectivity index (χ4n) is 3.44. The SMILES string of the molecule is COc1cc(OC)c2c(c1Cl)C[C@@H](O)/C=C/CC[C@H]1O[C@@H]1C[C@@H](C)OC2=O. The number of rotatable bonds is 2. The van der Waals surface area contributed by atoms with Crippen molar-refractivity contribution in [1.82, 2.24) is 0 Å². The maximum atomic E-state index is 12.9. The maximum absolute atomic E-state index is 12.9. The number of fused-ring (bicyclic) bond motifs is 2. The number of hydrogen-bond acceptors (Lipinski definition) is 6. The van der Waals surface area contributed by atoms with Gasteiger partial charge >= 0.3 is 5.97 Å². The van der Waals surface area contributed by atoms with Gasteiger partial charge in [-0.25, -0.2) is 4.79 Å². The van der Waals surface area contributed by atoms with Gasteiger partial charge < -0.3 is 24.1 Å². The molecule has 0 bridgehead atoms. The first-order valence-electron chi connectivity index (χ1n) is 9.09. The van der Waals surface area contributed by atoms with E-state index in [0.29, 0.717) is 23.5 Å². The molecule has 3 rings (SSSR count). The largest absolute Gasteiger partial charge is 0.496 e. The minimum Gasteiger partial charge on any atom is -0.496 e. The second kappa shape index (κ2) is 8.50. The monoisotopic (exact) mass is 396 g/mol. The molecule has 1 aromatic carbocycles. The van der Waals surface area contributed by atoms with Gasteiger partial charge in [-0.3, -0.25) is 0 Å². The molecule has 148 valence electrons. The molecule has 0 unspecified atom stereocenters. The first-order valence-corrected chi connectivity index (χ1v) is 9.46. The van der Waals surface area contributed by atoms with Gasteiger partial charge in [-0.1, -0.05) is 23.8 Å². The molecule has 0 aliphatic carbocycles. The summed E-state index contributed by atoms with van der Waals surface area (Å²) in [5.41, 5.74) is 0.660. The Kier molecular flexibility index (Phi) is 6.29. The molecule has 6 nitrogen and oxygen atoms in total. The number of methoxy groups -OCH3 is 2. The average Bonchev–Trinajstić information content (AvgIpc) is 3.36. The summed E-state index contributed by atoms with van der Waals surface area (Å²) in [4.78, 5) is 12.9. The molecule has 1 fully saturated rings. The number of carbonyl (C=O) groups excluding carboxylic acids is 1. The summed E-state index contributed by atoms with van der Waals surface area (Å²) in [6.45, 7) is 1.84. The molecule has 2 aliphatic heterocycles. The molecule has 1 saturated heterocycles. The van der Waals surface area contributed by atoms with E-state index in [2.05, 4.69) is 0 Å². The highest BCUT2D eigenvalue weighted by Gasteiger charge is 2.39. The summed E-state index contributed by atoms with van der Waals surface area (Å²) in [6.07, 6.45) is 5.31. The van der Waals surface area contributed by atoms with E-state index in [-0.39, 0.29) is 35.3 Å². The van der Waals surface area contributed by atoms with E-state index in [1.54, 1.807) is 12.1 Å². The van der Waals surface area contributed by atoms with Gasteiger partial charge in [0, 0.05) is 18.9 Å². The molecule has 27 heavy (non-hydrogen) atoms. The van der Waals surface area contributed by atoms with Gasteiger partial charge in [-0.2, -0.15) is 0 Å². The number of halogens is 1. The van der Waals surface area contributed by atoms with E-state index in [9.17, 15) is 9.90 Å². The van der Waals surface area contributed by atoms with Crippen LogP contribution in [0.2, 0.25) is 5.02 Å². The van der Waals surface area contributed by atoms with Crippen LogP contribution in [0.25, 0.3) is 0 Å². The van der Waals surface area contributed by atoms with Crippen LogP contribution >= 0.6 is 11.6 Å². The number of cyclic esters (lactones) is 1. The van der Waals surface area contributed by atoms with Crippen molar-refractivity contribution in [1.29, 1.82) is 0 Å². The fourth-order valence-corrected chi connectivity index (χ4v) is 3.74. The summed E-state index contributed by atoms with van der Waals surface area (Å²) in [6, 6.07) is 1.55. The predicted molar refractivity (Wildman–Crippen MR) is 101 cm³/mol. The van der Waals surface area contributed by atoms with Crippen LogP contribution in [0.15, 0.2) is 18.2 Å². The van der Waals surface area contributed by atoms with Crippen LogP contribution in [0.3, 0.4) is 0 Å². The Bertz CT molecular complexity index is 732. The Morgan fingerprint density at radius 3 is 2.67 bits per heavy atom. The maximum Gasteiger partial charge on any atom is 0.342 e. The van der Waals surface area contributed by atoms with Crippen LogP contribution in [0.4, 0.5) is 0 Å². The van der Waals surface area contributed by atoms with Crippen LogP contribution in [0.1, 0.15) is 42.1 Å². The summed E-state index contributed by atoms with van der Waals surface area (Å²) in [7, 11) is 2.95. The van der Waals surface area contributed by atoms with Crippen LogP contribution in [-0.2, 0) is 15.9 Å². The fraction of sp³-hybridized carbons (Fsp3) is 0.550. The zero-order valence-electron chi connectivity index (χ0n) is 15.7. The lowest BCUT2D eigenvalue weighted by molar-refractivity contribution is 0.0305. The summed E-state index contributed by atoms with van der Waals surface area (Å²) < 4.78 is 21.9. The molecule has 1 N–H and O–H groups in total. The number of esters is 1. The molecule has 2 heterocycles. The molecule has 2 aliphatic rings. The Morgan fingerprint density at radius 1 is 1.22 bits per heavy atom. The normalized spacial score (nSPS) is 29.6. The summed E-state index contributed by atoms with van der Waals surface area (Å²) in [5.74, 6) is 0.135. The molecule has 0 radical (unpaired) electrons. The van der Waals surface area contributed by atoms with E-state index in [1.165, 1.54) is 14.2 Å². The molecule has 0 spiro atoms. The molecular formula is C20H25ClO6. The summed E-state index contributed by atoms with van der Waals surface area (Å²) in [5, 5.41) is 10.7. The number of epoxide rings is 1. The van der Waals surface area contributed by atoms with E-state index >= 15 is 0 Å². The molecule has 1 aromatic rings. The molecule has 0 saturated carbocycles. The van der Waals surface area contributed by atoms with Crippen LogP contribution in [-0.4, -0.2) is 49.7 Å². The van der Waals surface area contributed by atoms with Gasteiger partial charge in [0.1, 0.15) is 23.2 Å². The first-order chi connectivity index (χ1) is 12.9. The van der Waals surface area contributed by atoms with Crippen LogP contribution < -0.4 is 9.47 Å². The third-order valence-electron chi connectivity index (χ3n) is 4.89. The van der Waals surface area contributed by atoms with E-state index < -0.39 is 12.1 Å². The molecular weight excluding hydrogens is 372 g/mol. The van der Waals surface area contributed by atoms with Crippen LogP contribution in [0, 0.1) is 0 Å². The topological polar surface area (TPSA) is 77.5 Å². The number of aliphatic hydroxyl groups is 1. The third kappa shape index (κ3) is 4.57. The average molecular weight is 397 g/mol. The molecule has 7 heteroatoms. The quantitative estimate of drug-likeness (QED) is 0.469. The number of hydrogen-bond donors (Lipinski definition) is 1.